The first-order valence-corrected chi connectivity index (χ1v) is 13.5. The van der Waals surface area contributed by atoms with Crippen molar-refractivity contribution in [3.63, 3.8) is 0 Å². The van der Waals surface area contributed by atoms with Gasteiger partial charge in [0.05, 0.1) is 16.8 Å². The van der Waals surface area contributed by atoms with Gasteiger partial charge in [-0.05, 0) is 74.4 Å². The Kier molecular flexibility index (Phi) is 6.49. The van der Waals surface area contributed by atoms with E-state index in [0.717, 1.165) is 55.3 Å². The SMILES string of the molecule is C[C@H]1CCCN(Cc2cc(C(F)(F)F)c3cn(-c4cccc(N(c5nncn5C)C5CCC5)c4)c(=O)n3c2)C1. The number of rotatable bonds is 6. The lowest BCUT2D eigenvalue weighted by Gasteiger charge is -2.38. The number of alkyl halides is 3. The van der Waals surface area contributed by atoms with E-state index in [1.807, 2.05) is 29.8 Å². The lowest BCUT2D eigenvalue weighted by Crippen LogP contribution is -2.38. The smallest absolute Gasteiger partial charge is 0.308 e. The molecular formula is C28H32F3N7O. The van der Waals surface area contributed by atoms with E-state index in [1.54, 1.807) is 18.6 Å². The number of halogens is 3. The molecule has 0 N–H and O–H groups in total. The number of pyridine rings is 1. The maximum absolute atomic E-state index is 14.2. The summed E-state index contributed by atoms with van der Waals surface area (Å²) in [4.78, 5) is 17.8. The Morgan fingerprint density at radius 3 is 2.59 bits per heavy atom. The highest BCUT2D eigenvalue weighted by atomic mass is 19.4. The zero-order valence-electron chi connectivity index (χ0n) is 22.1. The average molecular weight is 540 g/mol. The number of hydrogen-bond acceptors (Lipinski definition) is 5. The van der Waals surface area contributed by atoms with E-state index in [9.17, 15) is 18.0 Å². The van der Waals surface area contributed by atoms with Gasteiger partial charge in [-0.2, -0.15) is 13.2 Å². The summed E-state index contributed by atoms with van der Waals surface area (Å²) in [6.07, 6.45) is 5.16. The number of hydrogen-bond donors (Lipinski definition) is 0. The maximum atomic E-state index is 14.2. The van der Waals surface area contributed by atoms with Gasteiger partial charge in [-0.25, -0.2) is 4.79 Å². The molecule has 1 saturated carbocycles. The predicted molar refractivity (Wildman–Crippen MR) is 142 cm³/mol. The minimum absolute atomic E-state index is 0.155. The molecule has 1 aliphatic heterocycles. The summed E-state index contributed by atoms with van der Waals surface area (Å²) in [5.74, 6) is 1.18. The van der Waals surface area contributed by atoms with Crippen LogP contribution in [0.3, 0.4) is 0 Å². The quantitative estimate of drug-likeness (QED) is 0.339. The first kappa shape index (κ1) is 25.7. The molecule has 2 aliphatic rings. The van der Waals surface area contributed by atoms with Crippen molar-refractivity contribution in [2.45, 2.75) is 57.8 Å². The number of aryl methyl sites for hydroxylation is 1. The second-order valence-electron chi connectivity index (χ2n) is 11.0. The van der Waals surface area contributed by atoms with Gasteiger partial charge in [0.25, 0.3) is 0 Å². The van der Waals surface area contributed by atoms with Gasteiger partial charge in [0.1, 0.15) is 6.33 Å². The van der Waals surface area contributed by atoms with Crippen LogP contribution in [0.25, 0.3) is 11.2 Å². The number of aromatic nitrogens is 5. The van der Waals surface area contributed by atoms with Crippen molar-refractivity contribution in [1.29, 1.82) is 0 Å². The van der Waals surface area contributed by atoms with Crippen LogP contribution in [0.4, 0.5) is 24.8 Å². The van der Waals surface area contributed by atoms with E-state index in [2.05, 4.69) is 26.9 Å². The molecule has 6 rings (SSSR count). The molecule has 0 unspecified atom stereocenters. The van der Waals surface area contributed by atoms with Crippen LogP contribution in [-0.4, -0.2) is 47.8 Å². The molecule has 3 aromatic heterocycles. The minimum Gasteiger partial charge on any atom is -0.308 e. The Morgan fingerprint density at radius 1 is 1.10 bits per heavy atom. The standard InChI is InChI=1S/C28H32F3N7O/c1-19-6-5-11-35(14-19)15-20-12-24(28(29,30)31)25-17-36(27(39)37(25)16-20)22-9-4-10-23(13-22)38(21-7-3-8-21)26-33-32-18-34(26)2/h4,9-10,12-13,16-19,21H,3,5-8,11,14-15H2,1-2H3/t19-/m0/s1. The molecule has 1 saturated heterocycles. The fraction of sp³-hybridized carbons (Fsp3) is 0.464. The van der Waals surface area contributed by atoms with Crippen molar-refractivity contribution in [2.24, 2.45) is 13.0 Å². The monoisotopic (exact) mass is 539 g/mol. The van der Waals surface area contributed by atoms with Crippen molar-refractivity contribution < 1.29 is 13.2 Å². The van der Waals surface area contributed by atoms with E-state index >= 15 is 0 Å². The van der Waals surface area contributed by atoms with Crippen LogP contribution in [0.15, 0.2) is 53.8 Å². The Balaban J connectivity index is 1.42. The van der Waals surface area contributed by atoms with Gasteiger partial charge >= 0.3 is 11.9 Å². The molecule has 8 nitrogen and oxygen atoms in total. The first-order valence-electron chi connectivity index (χ1n) is 13.5. The molecule has 0 bridgehead atoms. The van der Waals surface area contributed by atoms with Crippen LogP contribution < -0.4 is 10.6 Å². The molecule has 1 aliphatic carbocycles. The van der Waals surface area contributed by atoms with Crippen LogP contribution >= 0.6 is 0 Å². The number of anilines is 2. The second kappa shape index (κ2) is 9.86. The van der Waals surface area contributed by atoms with Crippen molar-refractivity contribution in [1.82, 2.24) is 28.6 Å². The Hall–Kier alpha value is -3.60. The second-order valence-corrected chi connectivity index (χ2v) is 11.0. The molecule has 0 amide bonds. The highest BCUT2D eigenvalue weighted by Gasteiger charge is 2.35. The van der Waals surface area contributed by atoms with Crippen LogP contribution in [0.5, 0.6) is 0 Å². The molecule has 39 heavy (non-hydrogen) atoms. The number of likely N-dealkylation sites (tertiary alicyclic amines) is 1. The number of nitrogens with zero attached hydrogens (tertiary/aromatic N) is 7. The number of imidazole rings is 1. The van der Waals surface area contributed by atoms with Crippen molar-refractivity contribution >= 4 is 17.2 Å². The Bertz CT molecular complexity index is 1550. The zero-order chi connectivity index (χ0) is 27.3. The summed E-state index contributed by atoms with van der Waals surface area (Å²) < 4.78 is 46.9. The largest absolute Gasteiger partial charge is 0.418 e. The highest BCUT2D eigenvalue weighted by Crippen LogP contribution is 2.36. The molecule has 0 radical (unpaired) electrons. The molecule has 2 fully saturated rings. The average Bonchev–Trinajstić information content (AvgIpc) is 3.43. The predicted octanol–water partition coefficient (Wildman–Crippen LogP) is 5.16. The van der Waals surface area contributed by atoms with Crippen LogP contribution in [0.1, 0.15) is 50.2 Å². The summed E-state index contributed by atoms with van der Waals surface area (Å²) >= 11 is 0. The topological polar surface area (TPSA) is 63.6 Å². The minimum atomic E-state index is -4.59. The number of piperidine rings is 1. The van der Waals surface area contributed by atoms with Crippen molar-refractivity contribution in [2.75, 3.05) is 18.0 Å². The first-order chi connectivity index (χ1) is 18.7. The number of fused-ring (bicyclic) bond motifs is 1. The van der Waals surface area contributed by atoms with Crippen LogP contribution in [-0.2, 0) is 19.8 Å². The van der Waals surface area contributed by atoms with E-state index in [4.69, 9.17) is 0 Å². The lowest BCUT2D eigenvalue weighted by atomic mass is 9.91. The Morgan fingerprint density at radius 2 is 1.92 bits per heavy atom. The normalized spacial score (nSPS) is 18.9. The molecule has 1 atom stereocenters. The van der Waals surface area contributed by atoms with Crippen molar-refractivity contribution in [3.8, 4) is 5.69 Å². The van der Waals surface area contributed by atoms with Crippen molar-refractivity contribution in [3.05, 3.63) is 70.7 Å². The summed E-state index contributed by atoms with van der Waals surface area (Å²) in [6, 6.07) is 8.75. The molecular weight excluding hydrogens is 507 g/mol. The van der Waals surface area contributed by atoms with E-state index in [0.29, 0.717) is 29.7 Å². The molecule has 4 heterocycles. The van der Waals surface area contributed by atoms with Crippen LogP contribution in [0.2, 0.25) is 0 Å². The van der Waals surface area contributed by atoms with E-state index in [1.165, 1.54) is 16.8 Å². The lowest BCUT2D eigenvalue weighted by molar-refractivity contribution is -0.136. The molecule has 0 spiro atoms. The van der Waals surface area contributed by atoms with Gasteiger partial charge in [0.15, 0.2) is 0 Å². The van der Waals surface area contributed by atoms with Gasteiger partial charge in [0.2, 0.25) is 5.95 Å². The molecule has 11 heteroatoms. The summed E-state index contributed by atoms with van der Waals surface area (Å²) in [6.45, 7) is 4.22. The summed E-state index contributed by atoms with van der Waals surface area (Å²) in [7, 11) is 1.87. The number of benzene rings is 1. The van der Waals surface area contributed by atoms with Gasteiger partial charge in [-0.15, -0.1) is 10.2 Å². The summed E-state index contributed by atoms with van der Waals surface area (Å²) in [5.41, 5.74) is 0.301. The van der Waals surface area contributed by atoms with Gasteiger partial charge in [-0.3, -0.25) is 13.9 Å². The highest BCUT2D eigenvalue weighted by molar-refractivity contribution is 5.63. The third-order valence-electron chi connectivity index (χ3n) is 8.01. The molecule has 1 aromatic carbocycles. The Labute approximate surface area is 224 Å². The summed E-state index contributed by atoms with van der Waals surface area (Å²) in [5, 5.41) is 8.31. The molecule has 206 valence electrons. The fourth-order valence-corrected chi connectivity index (χ4v) is 5.85. The maximum Gasteiger partial charge on any atom is 0.418 e. The zero-order valence-corrected chi connectivity index (χ0v) is 22.1. The fourth-order valence-electron chi connectivity index (χ4n) is 5.85. The van der Waals surface area contributed by atoms with E-state index in [-0.39, 0.29) is 11.6 Å². The van der Waals surface area contributed by atoms with Gasteiger partial charge in [0, 0.05) is 44.3 Å². The van der Waals surface area contributed by atoms with E-state index < -0.39 is 17.4 Å². The molecule has 4 aromatic rings. The van der Waals surface area contributed by atoms with Crippen LogP contribution in [0, 0.1) is 5.92 Å². The third kappa shape index (κ3) is 4.84. The van der Waals surface area contributed by atoms with Gasteiger partial charge < -0.3 is 9.47 Å². The third-order valence-corrected chi connectivity index (χ3v) is 8.01. The van der Waals surface area contributed by atoms with Gasteiger partial charge in [-0.1, -0.05) is 13.0 Å².